The van der Waals surface area contributed by atoms with Gasteiger partial charge in [-0.3, -0.25) is 4.90 Å². The lowest BCUT2D eigenvalue weighted by atomic mass is 9.99. The zero-order valence-corrected chi connectivity index (χ0v) is 8.86. The predicted octanol–water partition coefficient (Wildman–Crippen LogP) is 0.713. The fourth-order valence-corrected chi connectivity index (χ4v) is 3.05. The molecule has 0 aromatic rings. The highest BCUT2D eigenvalue weighted by molar-refractivity contribution is 4.94. The molecule has 2 heterocycles. The molecule has 2 saturated heterocycles. The van der Waals surface area contributed by atoms with Crippen LogP contribution in [0.4, 0.5) is 0 Å². The molecule has 0 amide bonds. The van der Waals surface area contributed by atoms with E-state index in [0.717, 1.165) is 25.8 Å². The Morgan fingerprint density at radius 2 is 1.79 bits per heavy atom. The quantitative estimate of drug-likeness (QED) is 0.654. The van der Waals surface area contributed by atoms with Crippen LogP contribution >= 0.6 is 0 Å². The van der Waals surface area contributed by atoms with Crippen molar-refractivity contribution in [2.24, 2.45) is 5.73 Å². The standard InChI is InChI=1S/C11H22N2O/c12-5-1-2-6-13-9-3-4-10(13)8-11(14)7-9/h9-11,14H,1-8,12H2. The maximum atomic E-state index is 9.63. The Hall–Kier alpha value is -0.120. The molecule has 82 valence electrons. The Labute approximate surface area is 86.3 Å². The number of aliphatic hydroxyl groups excluding tert-OH is 1. The SMILES string of the molecule is NCCCCN1C2CCC1CC(O)C2. The molecular formula is C11H22N2O. The minimum Gasteiger partial charge on any atom is -0.393 e. The first-order chi connectivity index (χ1) is 6.81. The second kappa shape index (κ2) is 4.60. The van der Waals surface area contributed by atoms with Crippen molar-refractivity contribution in [3.05, 3.63) is 0 Å². The summed E-state index contributed by atoms with van der Waals surface area (Å²) in [4.78, 5) is 2.61. The number of unbranched alkanes of at least 4 members (excludes halogenated alkanes) is 1. The van der Waals surface area contributed by atoms with Gasteiger partial charge < -0.3 is 10.8 Å². The molecule has 0 aromatic heterocycles. The topological polar surface area (TPSA) is 49.5 Å². The van der Waals surface area contributed by atoms with E-state index >= 15 is 0 Å². The van der Waals surface area contributed by atoms with Gasteiger partial charge in [-0.25, -0.2) is 0 Å². The molecule has 3 nitrogen and oxygen atoms in total. The molecular weight excluding hydrogens is 176 g/mol. The van der Waals surface area contributed by atoms with Crippen LogP contribution < -0.4 is 5.73 Å². The van der Waals surface area contributed by atoms with Crippen molar-refractivity contribution in [1.82, 2.24) is 4.90 Å². The molecule has 2 unspecified atom stereocenters. The number of piperidine rings is 1. The van der Waals surface area contributed by atoms with Crippen molar-refractivity contribution < 1.29 is 5.11 Å². The Morgan fingerprint density at radius 1 is 1.14 bits per heavy atom. The van der Waals surface area contributed by atoms with Gasteiger partial charge in [-0.05, 0) is 51.6 Å². The van der Waals surface area contributed by atoms with E-state index in [9.17, 15) is 5.11 Å². The summed E-state index contributed by atoms with van der Waals surface area (Å²) < 4.78 is 0. The Balaban J connectivity index is 1.82. The van der Waals surface area contributed by atoms with Gasteiger partial charge >= 0.3 is 0 Å². The number of hydrogen-bond acceptors (Lipinski definition) is 3. The Kier molecular flexibility index (Phi) is 3.42. The molecule has 0 saturated carbocycles. The molecule has 0 radical (unpaired) electrons. The summed E-state index contributed by atoms with van der Waals surface area (Å²) in [5, 5.41) is 9.63. The van der Waals surface area contributed by atoms with E-state index < -0.39 is 0 Å². The lowest BCUT2D eigenvalue weighted by molar-refractivity contribution is 0.0348. The van der Waals surface area contributed by atoms with Crippen molar-refractivity contribution in [3.8, 4) is 0 Å². The molecule has 2 aliphatic rings. The minimum absolute atomic E-state index is 0.0294. The maximum absolute atomic E-state index is 9.63. The molecule has 0 aliphatic carbocycles. The van der Waals surface area contributed by atoms with Gasteiger partial charge in [-0.2, -0.15) is 0 Å². The van der Waals surface area contributed by atoms with Crippen LogP contribution in [-0.2, 0) is 0 Å². The molecule has 2 atom stereocenters. The van der Waals surface area contributed by atoms with Gasteiger partial charge in [-0.15, -0.1) is 0 Å². The third kappa shape index (κ3) is 2.10. The van der Waals surface area contributed by atoms with Gasteiger partial charge in [0.25, 0.3) is 0 Å². The molecule has 3 heteroatoms. The molecule has 2 rings (SSSR count). The van der Waals surface area contributed by atoms with E-state index in [1.165, 1.54) is 25.8 Å². The Morgan fingerprint density at radius 3 is 2.36 bits per heavy atom. The number of hydrogen-bond donors (Lipinski definition) is 2. The molecule has 2 aliphatic heterocycles. The summed E-state index contributed by atoms with van der Waals surface area (Å²) in [7, 11) is 0. The van der Waals surface area contributed by atoms with Crippen molar-refractivity contribution >= 4 is 0 Å². The van der Waals surface area contributed by atoms with Crippen LogP contribution in [0.15, 0.2) is 0 Å². The molecule has 2 bridgehead atoms. The summed E-state index contributed by atoms with van der Waals surface area (Å²) in [6.45, 7) is 2.01. The van der Waals surface area contributed by atoms with Gasteiger partial charge in [0.1, 0.15) is 0 Å². The average Bonchev–Trinajstić information content (AvgIpc) is 2.42. The van der Waals surface area contributed by atoms with Gasteiger partial charge in [-0.1, -0.05) is 0 Å². The van der Waals surface area contributed by atoms with E-state index in [1.54, 1.807) is 0 Å². The fraction of sp³-hybridized carbons (Fsp3) is 1.00. The van der Waals surface area contributed by atoms with Gasteiger partial charge in [0.05, 0.1) is 6.10 Å². The predicted molar refractivity (Wildman–Crippen MR) is 57.0 cm³/mol. The maximum Gasteiger partial charge on any atom is 0.0570 e. The highest BCUT2D eigenvalue weighted by Gasteiger charge is 2.39. The third-order valence-electron chi connectivity index (χ3n) is 3.73. The van der Waals surface area contributed by atoms with Gasteiger partial charge in [0, 0.05) is 12.1 Å². The zero-order valence-electron chi connectivity index (χ0n) is 8.86. The largest absolute Gasteiger partial charge is 0.393 e. The van der Waals surface area contributed by atoms with Crippen molar-refractivity contribution in [3.63, 3.8) is 0 Å². The van der Waals surface area contributed by atoms with Crippen LogP contribution in [0, 0.1) is 0 Å². The highest BCUT2D eigenvalue weighted by atomic mass is 16.3. The normalized spacial score (nSPS) is 37.7. The van der Waals surface area contributed by atoms with E-state index in [2.05, 4.69) is 4.90 Å². The monoisotopic (exact) mass is 198 g/mol. The third-order valence-corrected chi connectivity index (χ3v) is 3.73. The molecule has 2 fully saturated rings. The first-order valence-corrected chi connectivity index (χ1v) is 5.95. The fourth-order valence-electron chi connectivity index (χ4n) is 3.05. The molecule has 0 spiro atoms. The molecule has 0 aromatic carbocycles. The Bertz CT molecular complexity index is 172. The molecule has 14 heavy (non-hydrogen) atoms. The van der Waals surface area contributed by atoms with Crippen molar-refractivity contribution in [2.75, 3.05) is 13.1 Å². The highest BCUT2D eigenvalue weighted by Crippen LogP contribution is 2.35. The lowest BCUT2D eigenvalue weighted by Crippen LogP contribution is -2.45. The van der Waals surface area contributed by atoms with E-state index in [-0.39, 0.29) is 6.10 Å². The average molecular weight is 198 g/mol. The van der Waals surface area contributed by atoms with Crippen molar-refractivity contribution in [2.45, 2.75) is 56.7 Å². The number of fused-ring (bicyclic) bond motifs is 2. The van der Waals surface area contributed by atoms with E-state index in [1.807, 2.05) is 0 Å². The summed E-state index contributed by atoms with van der Waals surface area (Å²) in [5.74, 6) is 0. The van der Waals surface area contributed by atoms with Crippen LogP contribution in [-0.4, -0.2) is 41.3 Å². The second-order valence-electron chi connectivity index (χ2n) is 4.74. The van der Waals surface area contributed by atoms with Crippen LogP contribution in [0.5, 0.6) is 0 Å². The van der Waals surface area contributed by atoms with Crippen LogP contribution in [0.3, 0.4) is 0 Å². The first-order valence-electron chi connectivity index (χ1n) is 5.95. The number of nitrogens with zero attached hydrogens (tertiary/aromatic N) is 1. The van der Waals surface area contributed by atoms with Gasteiger partial charge in [0.15, 0.2) is 0 Å². The number of aliphatic hydroxyl groups is 1. The van der Waals surface area contributed by atoms with E-state index in [4.69, 9.17) is 5.73 Å². The smallest absolute Gasteiger partial charge is 0.0570 e. The van der Waals surface area contributed by atoms with Crippen LogP contribution in [0.25, 0.3) is 0 Å². The zero-order chi connectivity index (χ0) is 9.97. The summed E-state index contributed by atoms with van der Waals surface area (Å²) in [6.07, 6.45) is 6.92. The first kappa shape index (κ1) is 10.4. The number of nitrogens with two attached hydrogens (primary N) is 1. The molecule has 3 N–H and O–H groups in total. The lowest BCUT2D eigenvalue weighted by Gasteiger charge is -2.37. The van der Waals surface area contributed by atoms with Crippen LogP contribution in [0.2, 0.25) is 0 Å². The van der Waals surface area contributed by atoms with E-state index in [0.29, 0.717) is 12.1 Å². The van der Waals surface area contributed by atoms with Crippen molar-refractivity contribution in [1.29, 1.82) is 0 Å². The van der Waals surface area contributed by atoms with Gasteiger partial charge in [0.2, 0.25) is 0 Å². The summed E-state index contributed by atoms with van der Waals surface area (Å²) in [5.41, 5.74) is 5.49. The minimum atomic E-state index is -0.0294. The summed E-state index contributed by atoms with van der Waals surface area (Å²) in [6, 6.07) is 1.34. The second-order valence-corrected chi connectivity index (χ2v) is 4.74. The van der Waals surface area contributed by atoms with Crippen LogP contribution in [0.1, 0.15) is 38.5 Å². The summed E-state index contributed by atoms with van der Waals surface area (Å²) >= 11 is 0. The number of rotatable bonds is 4.